The Hall–Kier alpha value is -2.45. The number of halogens is 1. The zero-order valence-corrected chi connectivity index (χ0v) is 22.3. The van der Waals surface area contributed by atoms with Crippen molar-refractivity contribution in [1.82, 2.24) is 14.8 Å². The number of aromatic nitrogens is 1. The number of H-pyrrole nitrogens is 1. The van der Waals surface area contributed by atoms with Crippen LogP contribution in [0.5, 0.6) is 0 Å². The number of nitrogens with zero attached hydrogens (tertiary/aromatic N) is 2. The Kier molecular flexibility index (Phi) is 7.20. The number of likely N-dealkylation sites (tertiary alicyclic amines) is 2. The highest BCUT2D eigenvalue weighted by molar-refractivity contribution is 5.87. The SMILES string of the molecule is N[C@H](C(=O)N1CC[C@@H]2[C@H]1[C@@H](c1c[nH]c3cc(F)ccc13)CN2C(=O)[C@@H](N)C1CCCCC1)C1CCCCC1. The van der Waals surface area contributed by atoms with Gasteiger partial charge in [0.05, 0.1) is 24.2 Å². The first-order valence-electron chi connectivity index (χ1n) is 14.8. The van der Waals surface area contributed by atoms with Crippen LogP contribution in [0.3, 0.4) is 0 Å². The fourth-order valence-corrected chi connectivity index (χ4v) is 8.07. The summed E-state index contributed by atoms with van der Waals surface area (Å²) in [5.41, 5.74) is 15.0. The lowest BCUT2D eigenvalue weighted by Gasteiger charge is -2.34. The average Bonchev–Trinajstić information content (AvgIpc) is 3.66. The molecule has 0 spiro atoms. The van der Waals surface area contributed by atoms with Gasteiger partial charge in [0.15, 0.2) is 0 Å². The molecule has 0 radical (unpaired) electrons. The average molecular weight is 524 g/mol. The van der Waals surface area contributed by atoms with Gasteiger partial charge in [0.1, 0.15) is 5.82 Å². The van der Waals surface area contributed by atoms with E-state index in [2.05, 4.69) is 4.98 Å². The van der Waals surface area contributed by atoms with Crippen LogP contribution in [0.1, 0.15) is 82.1 Å². The zero-order valence-electron chi connectivity index (χ0n) is 22.3. The third-order valence-corrected chi connectivity index (χ3v) is 10.2. The molecule has 2 saturated carbocycles. The molecule has 7 nitrogen and oxygen atoms in total. The Bertz CT molecular complexity index is 1140. The van der Waals surface area contributed by atoms with E-state index in [0.717, 1.165) is 74.3 Å². The lowest BCUT2D eigenvalue weighted by atomic mass is 9.83. The van der Waals surface area contributed by atoms with E-state index in [1.54, 1.807) is 6.07 Å². The molecule has 2 amide bonds. The highest BCUT2D eigenvalue weighted by atomic mass is 19.1. The summed E-state index contributed by atoms with van der Waals surface area (Å²) in [6.45, 7) is 1.12. The summed E-state index contributed by atoms with van der Waals surface area (Å²) in [6, 6.07) is 3.56. The molecule has 8 heteroatoms. The molecule has 5 N–H and O–H groups in total. The maximum Gasteiger partial charge on any atom is 0.240 e. The molecule has 0 bridgehead atoms. The van der Waals surface area contributed by atoms with Crippen LogP contribution >= 0.6 is 0 Å². The van der Waals surface area contributed by atoms with Crippen LogP contribution in [-0.2, 0) is 9.59 Å². The number of nitrogens with one attached hydrogen (secondary N) is 1. The minimum atomic E-state index is -0.499. The lowest BCUT2D eigenvalue weighted by molar-refractivity contribution is -0.137. The molecule has 4 aliphatic rings. The first-order valence-corrected chi connectivity index (χ1v) is 14.8. The normalized spacial score (nSPS) is 28.6. The summed E-state index contributed by atoms with van der Waals surface area (Å²) in [7, 11) is 0. The van der Waals surface area contributed by atoms with Gasteiger partial charge in [-0.3, -0.25) is 9.59 Å². The smallest absolute Gasteiger partial charge is 0.240 e. The van der Waals surface area contributed by atoms with Crippen LogP contribution in [0.15, 0.2) is 24.4 Å². The van der Waals surface area contributed by atoms with E-state index in [4.69, 9.17) is 11.5 Å². The van der Waals surface area contributed by atoms with Gasteiger partial charge >= 0.3 is 0 Å². The molecule has 38 heavy (non-hydrogen) atoms. The van der Waals surface area contributed by atoms with E-state index >= 15 is 0 Å². The zero-order chi connectivity index (χ0) is 26.4. The third-order valence-electron chi connectivity index (χ3n) is 10.2. The van der Waals surface area contributed by atoms with Crippen LogP contribution in [0.2, 0.25) is 0 Å². The number of hydrogen-bond acceptors (Lipinski definition) is 4. The number of benzene rings is 1. The van der Waals surface area contributed by atoms with E-state index in [1.165, 1.54) is 25.0 Å². The minimum absolute atomic E-state index is 0.0196. The van der Waals surface area contributed by atoms with Gasteiger partial charge in [-0.25, -0.2) is 4.39 Å². The number of rotatable bonds is 5. The van der Waals surface area contributed by atoms with E-state index in [9.17, 15) is 14.0 Å². The second-order valence-electron chi connectivity index (χ2n) is 12.3. The Balaban J connectivity index is 1.31. The molecule has 1 aromatic carbocycles. The molecule has 1 aromatic heterocycles. The third kappa shape index (κ3) is 4.53. The number of carbonyl (C=O) groups excluding carboxylic acids is 2. The molecule has 2 aliphatic heterocycles. The molecule has 3 heterocycles. The summed E-state index contributed by atoms with van der Waals surface area (Å²) in [6.07, 6.45) is 13.7. The molecule has 6 rings (SSSR count). The summed E-state index contributed by atoms with van der Waals surface area (Å²) in [5, 5.41) is 0.942. The highest BCUT2D eigenvalue weighted by Gasteiger charge is 2.54. The van der Waals surface area contributed by atoms with Crippen LogP contribution in [0, 0.1) is 17.7 Å². The van der Waals surface area contributed by atoms with Crippen molar-refractivity contribution < 1.29 is 14.0 Å². The number of hydrogen-bond donors (Lipinski definition) is 3. The van der Waals surface area contributed by atoms with E-state index < -0.39 is 12.1 Å². The van der Waals surface area contributed by atoms with Crippen LogP contribution in [0.25, 0.3) is 10.9 Å². The molecule has 2 saturated heterocycles. The van der Waals surface area contributed by atoms with Gasteiger partial charge in [0, 0.05) is 36.1 Å². The van der Waals surface area contributed by atoms with Crippen molar-refractivity contribution in [2.75, 3.05) is 13.1 Å². The standard InChI is InChI=1S/C30H42FN5O2/c31-20-11-12-21-22(16-34-24(21)15-20)23-17-36(30(38)27(33)19-9-5-2-6-10-19)25-13-14-35(28(23)25)29(37)26(32)18-7-3-1-4-8-18/h11-12,15-16,18-19,23,25-28,34H,1-10,13-14,17,32-33H2/t23-,25-,26+,27+,28-/m1/s1. The largest absolute Gasteiger partial charge is 0.361 e. The lowest BCUT2D eigenvalue weighted by Crippen LogP contribution is -2.53. The minimum Gasteiger partial charge on any atom is -0.361 e. The maximum absolute atomic E-state index is 14.0. The predicted octanol–water partition coefficient (Wildman–Crippen LogP) is 4.02. The Labute approximate surface area is 224 Å². The van der Waals surface area contributed by atoms with Crippen LogP contribution in [0.4, 0.5) is 4.39 Å². The second-order valence-corrected chi connectivity index (χ2v) is 12.3. The number of carbonyl (C=O) groups is 2. The molecular weight excluding hydrogens is 481 g/mol. The second kappa shape index (κ2) is 10.6. The topological polar surface area (TPSA) is 108 Å². The van der Waals surface area contributed by atoms with Gasteiger partial charge < -0.3 is 26.3 Å². The van der Waals surface area contributed by atoms with Crippen molar-refractivity contribution >= 4 is 22.7 Å². The maximum atomic E-state index is 14.0. The molecule has 0 unspecified atom stereocenters. The summed E-state index contributed by atoms with van der Waals surface area (Å²) in [4.78, 5) is 35.0. The Morgan fingerprint density at radius 3 is 2.11 bits per heavy atom. The molecule has 206 valence electrons. The summed E-state index contributed by atoms with van der Waals surface area (Å²) >= 11 is 0. The fourth-order valence-electron chi connectivity index (χ4n) is 8.07. The Morgan fingerprint density at radius 1 is 0.868 bits per heavy atom. The van der Waals surface area contributed by atoms with Crippen molar-refractivity contribution in [3.05, 3.63) is 35.8 Å². The number of fused-ring (bicyclic) bond motifs is 2. The molecule has 4 fully saturated rings. The van der Waals surface area contributed by atoms with E-state index in [1.807, 2.05) is 16.0 Å². The van der Waals surface area contributed by atoms with Gasteiger partial charge in [-0.1, -0.05) is 38.5 Å². The summed E-state index contributed by atoms with van der Waals surface area (Å²) in [5.74, 6) is 0.123. The molecule has 2 aromatic rings. The highest BCUT2D eigenvalue weighted by Crippen LogP contribution is 2.44. The van der Waals surface area contributed by atoms with Gasteiger partial charge in [0.25, 0.3) is 0 Å². The van der Waals surface area contributed by atoms with Crippen molar-refractivity contribution in [3.8, 4) is 0 Å². The molecule has 5 atom stereocenters. The number of amides is 2. The van der Waals surface area contributed by atoms with Gasteiger partial charge in [-0.2, -0.15) is 0 Å². The van der Waals surface area contributed by atoms with Gasteiger partial charge in [0.2, 0.25) is 11.8 Å². The van der Waals surface area contributed by atoms with Crippen molar-refractivity contribution in [2.45, 2.75) is 101 Å². The first-order chi connectivity index (χ1) is 18.4. The molecular formula is C30H42FN5O2. The van der Waals surface area contributed by atoms with E-state index in [0.29, 0.717) is 13.1 Å². The molecule has 2 aliphatic carbocycles. The van der Waals surface area contributed by atoms with Gasteiger partial charge in [-0.05, 0) is 67.7 Å². The van der Waals surface area contributed by atoms with Crippen molar-refractivity contribution in [1.29, 1.82) is 0 Å². The Morgan fingerprint density at radius 2 is 1.47 bits per heavy atom. The van der Waals surface area contributed by atoms with E-state index in [-0.39, 0.29) is 47.5 Å². The predicted molar refractivity (Wildman–Crippen MR) is 146 cm³/mol. The van der Waals surface area contributed by atoms with Gasteiger partial charge in [-0.15, -0.1) is 0 Å². The first kappa shape index (κ1) is 25.8. The van der Waals surface area contributed by atoms with Crippen molar-refractivity contribution in [2.24, 2.45) is 23.3 Å². The quantitative estimate of drug-likeness (QED) is 0.550. The number of aromatic amines is 1. The van der Waals surface area contributed by atoms with Crippen LogP contribution in [-0.4, -0.2) is 63.9 Å². The fraction of sp³-hybridized carbons (Fsp3) is 0.667. The summed E-state index contributed by atoms with van der Waals surface area (Å²) < 4.78 is 14.0. The monoisotopic (exact) mass is 523 g/mol. The van der Waals surface area contributed by atoms with Crippen LogP contribution < -0.4 is 11.5 Å². The number of nitrogens with two attached hydrogens (primary N) is 2. The van der Waals surface area contributed by atoms with Crippen molar-refractivity contribution in [3.63, 3.8) is 0 Å².